The Bertz CT molecular complexity index is 1190. The summed E-state index contributed by atoms with van der Waals surface area (Å²) in [5.74, 6) is -2.62. The van der Waals surface area contributed by atoms with Crippen LogP contribution in [0.15, 0.2) is 45.6 Å². The van der Waals surface area contributed by atoms with Gasteiger partial charge in [0.2, 0.25) is 11.2 Å². The first kappa shape index (κ1) is 24.6. The number of ether oxygens (including phenoxy) is 1. The Morgan fingerprint density at radius 3 is 2.12 bits per heavy atom. The lowest BCUT2D eigenvalue weighted by atomic mass is 9.87. The van der Waals surface area contributed by atoms with E-state index in [1.807, 2.05) is 39.5 Å². The molecule has 5 nitrogen and oxygen atoms in total. The molecule has 0 bridgehead atoms. The van der Waals surface area contributed by atoms with E-state index >= 15 is 0 Å². The number of halogens is 3. The van der Waals surface area contributed by atoms with Gasteiger partial charge in [-0.15, -0.1) is 0 Å². The Morgan fingerprint density at radius 2 is 1.61 bits per heavy atom. The van der Waals surface area contributed by atoms with E-state index < -0.39 is 23.1 Å². The lowest BCUT2D eigenvalue weighted by Gasteiger charge is -2.21. The number of alkyl halides is 3. The van der Waals surface area contributed by atoms with E-state index in [4.69, 9.17) is 9.15 Å². The molecule has 1 N–H and O–H groups in total. The molecule has 0 amide bonds. The average Bonchev–Trinajstić information content (AvgIpc) is 2.74. The van der Waals surface area contributed by atoms with Gasteiger partial charge in [0.25, 0.3) is 5.76 Å². The first-order valence-corrected chi connectivity index (χ1v) is 10.8. The van der Waals surface area contributed by atoms with Gasteiger partial charge >= 0.3 is 6.18 Å². The smallest absolute Gasteiger partial charge is 0.453 e. The summed E-state index contributed by atoms with van der Waals surface area (Å²) in [7, 11) is 0. The number of nitrogens with zero attached hydrogens (tertiary/aromatic N) is 1. The van der Waals surface area contributed by atoms with Gasteiger partial charge < -0.3 is 14.3 Å². The summed E-state index contributed by atoms with van der Waals surface area (Å²) in [5, 5.41) is 10.2. The van der Waals surface area contributed by atoms with Gasteiger partial charge in [-0.2, -0.15) is 13.2 Å². The predicted octanol–water partition coefficient (Wildman–Crippen LogP) is 6.45. The Hall–Kier alpha value is -3.00. The Morgan fingerprint density at radius 1 is 1.00 bits per heavy atom. The number of phenols is 1. The van der Waals surface area contributed by atoms with E-state index in [2.05, 4.69) is 0 Å². The number of benzene rings is 2. The van der Waals surface area contributed by atoms with Crippen LogP contribution in [0.4, 0.5) is 13.2 Å². The maximum Gasteiger partial charge on any atom is 0.453 e. The summed E-state index contributed by atoms with van der Waals surface area (Å²) in [4.78, 5) is 15.0. The largest absolute Gasteiger partial charge is 0.507 e. The topological polar surface area (TPSA) is 62.9 Å². The Labute approximate surface area is 190 Å². The van der Waals surface area contributed by atoms with Crippen molar-refractivity contribution in [2.24, 2.45) is 0 Å². The van der Waals surface area contributed by atoms with E-state index in [0.29, 0.717) is 13.1 Å². The highest BCUT2D eigenvalue weighted by atomic mass is 19.4. The fourth-order valence-corrected chi connectivity index (χ4v) is 3.53. The maximum atomic E-state index is 13.9. The van der Waals surface area contributed by atoms with Crippen LogP contribution in [0.1, 0.15) is 51.5 Å². The zero-order valence-electron chi connectivity index (χ0n) is 19.3. The molecule has 0 aliphatic carbocycles. The second-order valence-electron chi connectivity index (χ2n) is 8.86. The average molecular weight is 463 g/mol. The number of fused-ring (bicyclic) bond motifs is 1. The molecular formula is C25H28F3NO4. The van der Waals surface area contributed by atoms with Crippen molar-refractivity contribution in [2.75, 3.05) is 13.1 Å². The van der Waals surface area contributed by atoms with Gasteiger partial charge in [-0.3, -0.25) is 9.69 Å². The molecule has 0 fully saturated rings. The van der Waals surface area contributed by atoms with Gasteiger partial charge in [0.05, 0.1) is 10.9 Å². The predicted molar refractivity (Wildman–Crippen MR) is 121 cm³/mol. The van der Waals surface area contributed by atoms with Crippen LogP contribution >= 0.6 is 0 Å². The lowest BCUT2D eigenvalue weighted by molar-refractivity contribution is -0.154. The summed E-state index contributed by atoms with van der Waals surface area (Å²) < 4.78 is 52.5. The Kier molecular flexibility index (Phi) is 6.79. The molecule has 3 rings (SSSR count). The number of hydrogen-bond donors (Lipinski definition) is 1. The third-order valence-electron chi connectivity index (χ3n) is 5.57. The van der Waals surface area contributed by atoms with Crippen LogP contribution in [0.2, 0.25) is 0 Å². The molecule has 178 valence electrons. The van der Waals surface area contributed by atoms with Gasteiger partial charge in [-0.1, -0.05) is 46.8 Å². The van der Waals surface area contributed by atoms with E-state index in [1.165, 1.54) is 24.3 Å². The van der Waals surface area contributed by atoms with Crippen LogP contribution in [0, 0.1) is 0 Å². The van der Waals surface area contributed by atoms with Crippen LogP contribution in [0.3, 0.4) is 0 Å². The van der Waals surface area contributed by atoms with E-state index in [9.17, 15) is 23.1 Å². The summed E-state index contributed by atoms with van der Waals surface area (Å²) in [6, 6.07) is 9.06. The van der Waals surface area contributed by atoms with Crippen LogP contribution in [0.25, 0.3) is 11.0 Å². The number of aromatic hydroxyl groups is 1. The molecule has 33 heavy (non-hydrogen) atoms. The molecule has 0 aliphatic rings. The van der Waals surface area contributed by atoms with Crippen LogP contribution < -0.4 is 10.2 Å². The number of hydrogen-bond acceptors (Lipinski definition) is 5. The van der Waals surface area contributed by atoms with Crippen LogP contribution in [-0.2, 0) is 18.1 Å². The highest BCUT2D eigenvalue weighted by molar-refractivity contribution is 5.83. The van der Waals surface area contributed by atoms with Crippen molar-refractivity contribution >= 4 is 11.0 Å². The molecule has 0 radical (unpaired) electrons. The fraction of sp³-hybridized carbons (Fsp3) is 0.400. The number of phenolic OH excluding ortho intramolecular Hbond substituents is 1. The van der Waals surface area contributed by atoms with Crippen molar-refractivity contribution in [1.29, 1.82) is 0 Å². The molecule has 0 aliphatic heterocycles. The zero-order chi connectivity index (χ0) is 24.6. The first-order chi connectivity index (χ1) is 15.4. The van der Waals surface area contributed by atoms with Crippen molar-refractivity contribution in [3.05, 3.63) is 63.5 Å². The maximum absolute atomic E-state index is 13.9. The Balaban J connectivity index is 2.19. The molecule has 2 aromatic carbocycles. The van der Waals surface area contributed by atoms with Crippen molar-refractivity contribution < 1.29 is 27.4 Å². The van der Waals surface area contributed by atoms with Crippen LogP contribution in [0.5, 0.6) is 17.2 Å². The van der Waals surface area contributed by atoms with Crippen molar-refractivity contribution in [1.82, 2.24) is 4.90 Å². The monoisotopic (exact) mass is 463 g/mol. The molecule has 0 spiro atoms. The molecule has 0 saturated carbocycles. The summed E-state index contributed by atoms with van der Waals surface area (Å²) in [5.41, 5.74) is -0.312. The highest BCUT2D eigenvalue weighted by Crippen LogP contribution is 2.40. The van der Waals surface area contributed by atoms with Crippen molar-refractivity contribution in [3.63, 3.8) is 0 Å². The molecule has 0 unspecified atom stereocenters. The highest BCUT2D eigenvalue weighted by Gasteiger charge is 2.41. The fourth-order valence-electron chi connectivity index (χ4n) is 3.53. The number of rotatable bonds is 6. The van der Waals surface area contributed by atoms with Gasteiger partial charge in [-0.05, 0) is 48.3 Å². The summed E-state index contributed by atoms with van der Waals surface area (Å²) in [6.07, 6.45) is -4.98. The summed E-state index contributed by atoms with van der Waals surface area (Å²) in [6.45, 7) is 11.1. The minimum Gasteiger partial charge on any atom is -0.507 e. The van der Waals surface area contributed by atoms with Gasteiger partial charge in [0.15, 0.2) is 0 Å². The van der Waals surface area contributed by atoms with Gasteiger partial charge in [-0.25, -0.2) is 0 Å². The summed E-state index contributed by atoms with van der Waals surface area (Å²) >= 11 is 0. The second kappa shape index (κ2) is 9.09. The zero-order valence-corrected chi connectivity index (χ0v) is 19.3. The quantitative estimate of drug-likeness (QED) is 0.455. The third kappa shape index (κ3) is 5.16. The normalized spacial score (nSPS) is 12.5. The molecule has 8 heteroatoms. The van der Waals surface area contributed by atoms with E-state index in [-0.39, 0.29) is 40.0 Å². The van der Waals surface area contributed by atoms with Gasteiger partial charge in [0.1, 0.15) is 17.1 Å². The molecule has 3 aromatic rings. The second-order valence-corrected chi connectivity index (χ2v) is 8.86. The van der Waals surface area contributed by atoms with Gasteiger partial charge in [0, 0.05) is 6.54 Å². The molecule has 1 aromatic heterocycles. The van der Waals surface area contributed by atoms with Crippen molar-refractivity contribution in [2.45, 2.75) is 52.8 Å². The minimum absolute atomic E-state index is 0.0855. The molecule has 0 atom stereocenters. The van der Waals surface area contributed by atoms with E-state index in [1.54, 1.807) is 12.1 Å². The third-order valence-corrected chi connectivity index (χ3v) is 5.57. The molecular weight excluding hydrogens is 435 g/mol. The SMILES string of the molecule is CCN(CC)Cc1c(O)ccc2c(=O)c(Oc3ccc(C(C)(C)C)cc3)c(C(F)(F)F)oc12. The van der Waals surface area contributed by atoms with Crippen LogP contribution in [-0.4, -0.2) is 23.1 Å². The molecule has 0 saturated heterocycles. The van der Waals surface area contributed by atoms with Crippen molar-refractivity contribution in [3.8, 4) is 17.2 Å². The molecule has 1 heterocycles. The standard InChI is InChI=1S/C25H28F3NO4/c1-6-29(7-2)14-18-19(30)13-12-17-20(31)22(23(25(26,27)28)33-21(17)18)32-16-10-8-15(9-11-16)24(3,4)5/h8-13,30H,6-7,14H2,1-5H3. The lowest BCUT2D eigenvalue weighted by Crippen LogP contribution is -2.23. The first-order valence-electron chi connectivity index (χ1n) is 10.8. The van der Waals surface area contributed by atoms with E-state index in [0.717, 1.165) is 5.56 Å². The minimum atomic E-state index is -4.98.